The highest BCUT2D eigenvalue weighted by atomic mass is 35.5. The SMILES string of the molecule is COc1ccc2oc(-c3nc([N+](C)(C)CCCN)c4ccccc4n3)cc2c1Cl.Cl. The molecule has 0 amide bonds. The van der Waals surface area contributed by atoms with Crippen molar-refractivity contribution in [1.29, 1.82) is 0 Å². The molecule has 2 N–H and O–H groups in total. The van der Waals surface area contributed by atoms with Crippen LogP contribution in [0.4, 0.5) is 5.82 Å². The van der Waals surface area contributed by atoms with E-state index >= 15 is 0 Å². The largest absolute Gasteiger partial charge is 0.495 e. The number of hydrogen-bond donors (Lipinski definition) is 1. The van der Waals surface area contributed by atoms with Crippen LogP contribution in [0.2, 0.25) is 5.02 Å². The lowest BCUT2D eigenvalue weighted by Gasteiger charge is -2.28. The van der Waals surface area contributed by atoms with E-state index < -0.39 is 0 Å². The minimum Gasteiger partial charge on any atom is -0.495 e. The Kier molecular flexibility index (Phi) is 6.53. The van der Waals surface area contributed by atoms with Crippen molar-refractivity contribution >= 4 is 51.7 Å². The Labute approximate surface area is 186 Å². The predicted octanol–water partition coefficient (Wildman–Crippen LogP) is 5.04. The maximum atomic E-state index is 6.46. The molecule has 158 valence electrons. The molecule has 2 heterocycles. The number of halogens is 2. The summed E-state index contributed by atoms with van der Waals surface area (Å²) in [7, 11) is 5.86. The molecule has 0 unspecified atom stereocenters. The van der Waals surface area contributed by atoms with Crippen LogP contribution in [0.25, 0.3) is 33.5 Å². The Bertz CT molecular complexity index is 1190. The molecule has 0 aliphatic carbocycles. The van der Waals surface area contributed by atoms with Crippen LogP contribution in [0.1, 0.15) is 6.42 Å². The van der Waals surface area contributed by atoms with Gasteiger partial charge in [0.1, 0.15) is 11.3 Å². The number of ether oxygens (including phenoxy) is 1. The van der Waals surface area contributed by atoms with Gasteiger partial charge in [-0.3, -0.25) is 4.48 Å². The van der Waals surface area contributed by atoms with Crippen molar-refractivity contribution in [2.75, 3.05) is 34.3 Å². The molecule has 8 heteroatoms. The van der Waals surface area contributed by atoms with Gasteiger partial charge in [0.25, 0.3) is 0 Å². The van der Waals surface area contributed by atoms with E-state index in [1.165, 1.54) is 0 Å². The molecule has 0 spiro atoms. The topological polar surface area (TPSA) is 74.2 Å². The summed E-state index contributed by atoms with van der Waals surface area (Å²) in [5.74, 6) is 2.64. The minimum atomic E-state index is 0. The lowest BCUT2D eigenvalue weighted by atomic mass is 10.2. The molecular weight excluding hydrogens is 423 g/mol. The van der Waals surface area contributed by atoms with Crippen molar-refractivity contribution < 1.29 is 9.15 Å². The molecule has 6 nitrogen and oxygen atoms in total. The molecule has 0 fully saturated rings. The summed E-state index contributed by atoms with van der Waals surface area (Å²) in [5, 5.41) is 2.31. The molecule has 2 aromatic carbocycles. The number of nitrogens with zero attached hydrogens (tertiary/aromatic N) is 3. The average Bonchev–Trinajstić information content (AvgIpc) is 3.17. The standard InChI is InChI=1S/C22H24ClN4O2.ClH/c1-27(2,12-6-11-24)22-14-7-4-5-8-16(14)25-21(26-22)19-13-15-17(29-19)9-10-18(28-3)20(15)23;/h4-5,7-10,13H,6,11-12,24H2,1-3H3;1H/q+1;. The van der Waals surface area contributed by atoms with Gasteiger partial charge in [-0.25, -0.2) is 4.98 Å². The predicted molar refractivity (Wildman–Crippen MR) is 126 cm³/mol. The summed E-state index contributed by atoms with van der Waals surface area (Å²) in [5.41, 5.74) is 7.29. The monoisotopic (exact) mass is 447 g/mol. The number of aromatic nitrogens is 2. The van der Waals surface area contributed by atoms with Crippen LogP contribution in [0.5, 0.6) is 5.75 Å². The fourth-order valence-electron chi connectivity index (χ4n) is 3.55. The first kappa shape index (κ1) is 22.3. The van der Waals surface area contributed by atoms with Crippen molar-refractivity contribution in [2.24, 2.45) is 5.73 Å². The Balaban J connectivity index is 0.00000256. The first-order valence-corrected chi connectivity index (χ1v) is 9.89. The van der Waals surface area contributed by atoms with Gasteiger partial charge in [-0.2, -0.15) is 4.98 Å². The third kappa shape index (κ3) is 3.96. The lowest BCUT2D eigenvalue weighted by Crippen LogP contribution is -2.43. The third-order valence-corrected chi connectivity index (χ3v) is 5.51. The first-order chi connectivity index (χ1) is 13.9. The van der Waals surface area contributed by atoms with Gasteiger partial charge in [0.15, 0.2) is 5.76 Å². The molecule has 4 aromatic rings. The fraction of sp³-hybridized carbons (Fsp3) is 0.273. The number of fused-ring (bicyclic) bond motifs is 2. The quantitative estimate of drug-likeness (QED) is 0.418. The molecule has 0 radical (unpaired) electrons. The zero-order valence-electron chi connectivity index (χ0n) is 17.2. The maximum absolute atomic E-state index is 6.46. The summed E-state index contributed by atoms with van der Waals surface area (Å²) in [6.45, 7) is 1.52. The average molecular weight is 448 g/mol. The highest BCUT2D eigenvalue weighted by Gasteiger charge is 2.26. The molecule has 0 atom stereocenters. The zero-order valence-corrected chi connectivity index (χ0v) is 18.8. The highest BCUT2D eigenvalue weighted by molar-refractivity contribution is 6.37. The highest BCUT2D eigenvalue weighted by Crippen LogP contribution is 2.38. The van der Waals surface area contributed by atoms with Crippen molar-refractivity contribution in [1.82, 2.24) is 14.5 Å². The van der Waals surface area contributed by atoms with Crippen LogP contribution >= 0.6 is 24.0 Å². The van der Waals surface area contributed by atoms with Crippen molar-refractivity contribution in [3.8, 4) is 17.3 Å². The number of hydrogen-bond acceptors (Lipinski definition) is 5. The van der Waals surface area contributed by atoms with E-state index in [9.17, 15) is 0 Å². The van der Waals surface area contributed by atoms with Crippen molar-refractivity contribution in [2.45, 2.75) is 6.42 Å². The van der Waals surface area contributed by atoms with Gasteiger partial charge in [0, 0.05) is 11.8 Å². The summed E-state index contributed by atoms with van der Waals surface area (Å²) in [4.78, 5) is 9.67. The minimum absolute atomic E-state index is 0. The van der Waals surface area contributed by atoms with Crippen molar-refractivity contribution in [3.05, 3.63) is 47.5 Å². The lowest BCUT2D eigenvalue weighted by molar-refractivity contribution is 0.386. The van der Waals surface area contributed by atoms with Crippen LogP contribution in [0.15, 0.2) is 46.9 Å². The molecule has 4 rings (SSSR count). The van der Waals surface area contributed by atoms with Gasteiger partial charge in [0.05, 0.1) is 43.7 Å². The van der Waals surface area contributed by atoms with Crippen LogP contribution in [0.3, 0.4) is 0 Å². The van der Waals surface area contributed by atoms with Crippen LogP contribution in [-0.2, 0) is 0 Å². The van der Waals surface area contributed by atoms with Gasteiger partial charge in [-0.1, -0.05) is 23.7 Å². The third-order valence-electron chi connectivity index (χ3n) is 5.12. The van der Waals surface area contributed by atoms with Gasteiger partial charge >= 0.3 is 0 Å². The van der Waals surface area contributed by atoms with E-state index in [0.717, 1.165) is 35.1 Å². The Morgan fingerprint density at radius 3 is 2.60 bits per heavy atom. The fourth-order valence-corrected chi connectivity index (χ4v) is 3.84. The van der Waals surface area contributed by atoms with E-state index in [1.54, 1.807) is 13.2 Å². The van der Waals surface area contributed by atoms with Crippen LogP contribution in [0, 0.1) is 0 Å². The molecule has 0 saturated carbocycles. The van der Waals surface area contributed by atoms with Gasteiger partial charge in [-0.05, 0) is 36.9 Å². The van der Waals surface area contributed by atoms with E-state index in [2.05, 4.69) is 20.2 Å². The van der Waals surface area contributed by atoms with E-state index in [-0.39, 0.29) is 12.4 Å². The molecule has 30 heavy (non-hydrogen) atoms. The number of rotatable bonds is 6. The number of benzene rings is 2. The summed E-state index contributed by atoms with van der Waals surface area (Å²) < 4.78 is 11.9. The van der Waals surface area contributed by atoms with Gasteiger partial charge in [0.2, 0.25) is 11.6 Å². The molecule has 0 aliphatic heterocycles. The first-order valence-electron chi connectivity index (χ1n) is 9.51. The summed E-state index contributed by atoms with van der Waals surface area (Å²) >= 11 is 6.46. The number of quaternary nitrogens is 1. The van der Waals surface area contributed by atoms with Crippen molar-refractivity contribution in [3.63, 3.8) is 0 Å². The van der Waals surface area contributed by atoms with Crippen LogP contribution in [-0.4, -0.2) is 44.3 Å². The maximum Gasteiger partial charge on any atom is 0.238 e. The second kappa shape index (κ2) is 8.78. The number of nitrogens with two attached hydrogens (primary N) is 1. The Hall–Kier alpha value is -2.38. The van der Waals surface area contributed by atoms with E-state index in [4.69, 9.17) is 36.5 Å². The molecule has 0 aliphatic rings. The smallest absolute Gasteiger partial charge is 0.238 e. The van der Waals surface area contributed by atoms with E-state index in [1.807, 2.05) is 30.3 Å². The molecular formula is C22H25Cl2N4O2+. The van der Waals surface area contributed by atoms with Gasteiger partial charge < -0.3 is 14.9 Å². The molecule has 0 saturated heterocycles. The Morgan fingerprint density at radius 1 is 1.10 bits per heavy atom. The number of furan rings is 1. The Morgan fingerprint density at radius 2 is 1.87 bits per heavy atom. The second-order valence-corrected chi connectivity index (χ2v) is 7.92. The summed E-state index contributed by atoms with van der Waals surface area (Å²) in [6, 6.07) is 13.5. The molecule has 2 aromatic heterocycles. The number of methoxy groups -OCH3 is 1. The number of para-hydroxylation sites is 1. The molecule has 0 bridgehead atoms. The second-order valence-electron chi connectivity index (χ2n) is 7.54. The summed E-state index contributed by atoms with van der Waals surface area (Å²) in [6.07, 6.45) is 0.903. The zero-order chi connectivity index (χ0) is 20.6. The van der Waals surface area contributed by atoms with E-state index in [0.29, 0.717) is 39.0 Å². The van der Waals surface area contributed by atoms with Gasteiger partial charge in [-0.15, -0.1) is 12.4 Å². The normalized spacial score (nSPS) is 11.6. The van der Waals surface area contributed by atoms with Crippen LogP contribution < -0.4 is 15.0 Å².